The van der Waals surface area contributed by atoms with E-state index in [1.165, 1.54) is 6.07 Å². The monoisotopic (exact) mass is 541 g/mol. The number of hydrogen-bond acceptors (Lipinski definition) is 4. The molecular formula is C31H32FN5O3. The van der Waals surface area contributed by atoms with Gasteiger partial charge in [0.15, 0.2) is 0 Å². The average Bonchev–Trinajstić information content (AvgIpc) is 2.99. The third-order valence-electron chi connectivity index (χ3n) is 7.55. The van der Waals surface area contributed by atoms with E-state index in [1.54, 1.807) is 34.1 Å². The molecule has 2 N–H and O–H groups in total. The lowest BCUT2D eigenvalue weighted by Crippen LogP contribution is -2.58. The number of halogens is 1. The number of nitrogens with zero attached hydrogens (tertiary/aromatic N) is 3. The van der Waals surface area contributed by atoms with E-state index in [0.717, 1.165) is 5.56 Å². The van der Waals surface area contributed by atoms with E-state index in [-0.39, 0.29) is 29.2 Å². The van der Waals surface area contributed by atoms with Gasteiger partial charge in [0.2, 0.25) is 0 Å². The van der Waals surface area contributed by atoms with Gasteiger partial charge in [-0.3, -0.25) is 9.59 Å². The number of benzene rings is 3. The van der Waals surface area contributed by atoms with Crippen LogP contribution < -0.4 is 10.9 Å². The maximum Gasteiger partial charge on any atom is 0.318 e. The van der Waals surface area contributed by atoms with Gasteiger partial charge in [-0.15, -0.1) is 0 Å². The first-order valence-corrected chi connectivity index (χ1v) is 13.5. The Morgan fingerprint density at radius 1 is 1.05 bits per heavy atom. The van der Waals surface area contributed by atoms with Crippen LogP contribution in [-0.4, -0.2) is 57.6 Å². The number of H-pyrrole nitrogens is 1. The Kier molecular flexibility index (Phi) is 7.91. The number of aromatic nitrogens is 2. The Bertz CT molecular complexity index is 1590. The van der Waals surface area contributed by atoms with Crippen molar-refractivity contribution in [3.05, 3.63) is 111 Å². The third kappa shape index (κ3) is 5.59. The van der Waals surface area contributed by atoms with Crippen LogP contribution in [0.1, 0.15) is 53.5 Å². The molecule has 0 spiro atoms. The lowest BCUT2D eigenvalue weighted by Gasteiger charge is -2.41. The predicted octanol–water partition coefficient (Wildman–Crippen LogP) is 4.66. The maximum atomic E-state index is 15.0. The molecule has 4 aromatic rings. The van der Waals surface area contributed by atoms with Crippen molar-refractivity contribution in [3.63, 3.8) is 0 Å². The summed E-state index contributed by atoms with van der Waals surface area (Å²) in [7, 11) is 0. The van der Waals surface area contributed by atoms with Crippen molar-refractivity contribution in [2.75, 3.05) is 19.6 Å². The second kappa shape index (κ2) is 11.7. The molecule has 3 aromatic carbocycles. The highest BCUT2D eigenvalue weighted by atomic mass is 19.1. The average molecular weight is 542 g/mol. The van der Waals surface area contributed by atoms with E-state index in [1.807, 2.05) is 56.3 Å². The molecule has 0 bridgehead atoms. The quantitative estimate of drug-likeness (QED) is 0.371. The Morgan fingerprint density at radius 3 is 2.52 bits per heavy atom. The van der Waals surface area contributed by atoms with E-state index in [2.05, 4.69) is 15.5 Å². The van der Waals surface area contributed by atoms with Crippen LogP contribution in [-0.2, 0) is 6.42 Å². The zero-order valence-electron chi connectivity index (χ0n) is 22.6. The van der Waals surface area contributed by atoms with Gasteiger partial charge in [0.25, 0.3) is 11.5 Å². The zero-order valence-corrected chi connectivity index (χ0v) is 22.6. The number of piperazine rings is 1. The fourth-order valence-electron chi connectivity index (χ4n) is 5.26. The summed E-state index contributed by atoms with van der Waals surface area (Å²) >= 11 is 0. The summed E-state index contributed by atoms with van der Waals surface area (Å²) in [5.41, 5.74) is 2.06. The topological polar surface area (TPSA) is 98.4 Å². The van der Waals surface area contributed by atoms with Crippen LogP contribution in [0.5, 0.6) is 0 Å². The Labute approximate surface area is 231 Å². The first-order chi connectivity index (χ1) is 19.4. The number of carbonyl (C=O) groups excluding carboxylic acids is 2. The highest BCUT2D eigenvalue weighted by Crippen LogP contribution is 2.22. The van der Waals surface area contributed by atoms with Gasteiger partial charge in [-0.2, -0.15) is 5.10 Å². The normalized spacial score (nSPS) is 16.1. The maximum absolute atomic E-state index is 15.0. The summed E-state index contributed by atoms with van der Waals surface area (Å²) in [6, 6.07) is 20.8. The van der Waals surface area contributed by atoms with Crippen LogP contribution in [0.2, 0.25) is 0 Å². The van der Waals surface area contributed by atoms with E-state index in [0.29, 0.717) is 54.5 Å². The van der Waals surface area contributed by atoms with Crippen LogP contribution in [0.3, 0.4) is 0 Å². The number of aromatic amines is 1. The molecule has 1 saturated heterocycles. The number of urea groups is 1. The van der Waals surface area contributed by atoms with Crippen LogP contribution in [0, 0.1) is 5.82 Å². The number of amides is 3. The van der Waals surface area contributed by atoms with Crippen LogP contribution in [0.15, 0.2) is 77.6 Å². The molecule has 0 radical (unpaired) electrons. The minimum Gasteiger partial charge on any atom is -0.332 e. The summed E-state index contributed by atoms with van der Waals surface area (Å²) in [4.78, 5) is 42.1. The molecule has 8 nitrogen and oxygen atoms in total. The van der Waals surface area contributed by atoms with Gasteiger partial charge in [-0.1, -0.05) is 61.5 Å². The third-order valence-corrected chi connectivity index (χ3v) is 7.55. The van der Waals surface area contributed by atoms with E-state index in [9.17, 15) is 18.8 Å². The van der Waals surface area contributed by atoms with Crippen LogP contribution in [0.4, 0.5) is 9.18 Å². The van der Waals surface area contributed by atoms with Crippen molar-refractivity contribution in [1.29, 1.82) is 0 Å². The second-order valence-electron chi connectivity index (χ2n) is 10.1. The summed E-state index contributed by atoms with van der Waals surface area (Å²) in [5, 5.41) is 11.0. The number of rotatable bonds is 6. The van der Waals surface area contributed by atoms with Crippen molar-refractivity contribution < 1.29 is 14.0 Å². The summed E-state index contributed by atoms with van der Waals surface area (Å²) in [6.07, 6.45) is 0.945. The second-order valence-corrected chi connectivity index (χ2v) is 10.1. The zero-order chi connectivity index (χ0) is 28.2. The molecule has 5 rings (SSSR count). The highest BCUT2D eigenvalue weighted by Gasteiger charge is 2.33. The Hall–Kier alpha value is -4.53. The van der Waals surface area contributed by atoms with Crippen molar-refractivity contribution in [3.8, 4) is 0 Å². The fraction of sp³-hybridized carbons (Fsp3) is 0.290. The van der Waals surface area contributed by atoms with Crippen molar-refractivity contribution >= 4 is 22.7 Å². The SMILES string of the molecule is CCC1CN(C(=O)N[C@@H](C)c2ccccc2)CCN1C(=O)c1cc(Cc2n[nH]c(=O)c3ccccc23)ccc1F. The predicted molar refractivity (Wildman–Crippen MR) is 152 cm³/mol. The Balaban J connectivity index is 1.30. The fourth-order valence-corrected chi connectivity index (χ4v) is 5.26. The number of nitrogens with one attached hydrogen (secondary N) is 2. The molecule has 1 aliphatic rings. The molecule has 206 valence electrons. The van der Waals surface area contributed by atoms with Crippen molar-refractivity contribution in [1.82, 2.24) is 25.3 Å². The molecule has 2 heterocycles. The number of hydrogen-bond donors (Lipinski definition) is 2. The van der Waals surface area contributed by atoms with Gasteiger partial charge in [-0.05, 0) is 42.7 Å². The van der Waals surface area contributed by atoms with Gasteiger partial charge in [0, 0.05) is 37.5 Å². The molecule has 2 atom stereocenters. The molecule has 1 aromatic heterocycles. The molecule has 1 aliphatic heterocycles. The molecule has 9 heteroatoms. The summed E-state index contributed by atoms with van der Waals surface area (Å²) in [5.74, 6) is -0.997. The van der Waals surface area contributed by atoms with Gasteiger partial charge < -0.3 is 15.1 Å². The molecule has 3 amide bonds. The van der Waals surface area contributed by atoms with Crippen LogP contribution >= 0.6 is 0 Å². The van der Waals surface area contributed by atoms with E-state index < -0.39 is 11.7 Å². The van der Waals surface area contributed by atoms with Crippen molar-refractivity contribution in [2.24, 2.45) is 0 Å². The van der Waals surface area contributed by atoms with Crippen LogP contribution in [0.25, 0.3) is 10.8 Å². The first kappa shape index (κ1) is 27.1. The number of fused-ring (bicyclic) bond motifs is 1. The minimum atomic E-state index is -0.597. The molecule has 40 heavy (non-hydrogen) atoms. The number of carbonyl (C=O) groups is 2. The lowest BCUT2D eigenvalue weighted by molar-refractivity contribution is 0.0495. The molecule has 0 aliphatic carbocycles. The van der Waals surface area contributed by atoms with Gasteiger partial charge in [0.05, 0.1) is 22.7 Å². The smallest absolute Gasteiger partial charge is 0.318 e. The lowest BCUT2D eigenvalue weighted by atomic mass is 10.0. The van der Waals surface area contributed by atoms with Crippen molar-refractivity contribution in [2.45, 2.75) is 38.8 Å². The molecule has 1 fully saturated rings. The molecule has 1 unspecified atom stereocenters. The largest absolute Gasteiger partial charge is 0.332 e. The first-order valence-electron chi connectivity index (χ1n) is 13.5. The van der Waals surface area contributed by atoms with E-state index in [4.69, 9.17) is 0 Å². The minimum absolute atomic E-state index is 0.0136. The van der Waals surface area contributed by atoms with Gasteiger partial charge in [0.1, 0.15) is 5.82 Å². The molecular weight excluding hydrogens is 509 g/mol. The van der Waals surface area contributed by atoms with Gasteiger partial charge in [-0.25, -0.2) is 14.3 Å². The molecule has 0 saturated carbocycles. The summed E-state index contributed by atoms with van der Waals surface area (Å²) in [6.45, 7) is 4.92. The van der Waals surface area contributed by atoms with Gasteiger partial charge >= 0.3 is 6.03 Å². The highest BCUT2D eigenvalue weighted by molar-refractivity contribution is 5.95. The Morgan fingerprint density at radius 2 is 1.77 bits per heavy atom. The summed E-state index contributed by atoms with van der Waals surface area (Å²) < 4.78 is 15.0. The van der Waals surface area contributed by atoms with E-state index >= 15 is 0 Å². The standard InChI is InChI=1S/C31H32FN5O3/c1-3-23-19-36(31(40)33-20(2)22-9-5-4-6-10-22)15-16-37(23)30(39)26-17-21(13-14-27(26)32)18-28-24-11-7-8-12-25(24)29(38)35-34-28/h4-14,17,20,23H,3,15-16,18-19H2,1-2H3,(H,33,40)(H,35,38)/t20-,23?/m0/s1.